The van der Waals surface area contributed by atoms with Gasteiger partial charge in [-0.3, -0.25) is 4.79 Å². The largest absolute Gasteiger partial charge is 0.494 e. The van der Waals surface area contributed by atoms with Crippen LogP contribution in [0.5, 0.6) is 5.75 Å². The zero-order chi connectivity index (χ0) is 20.5. The van der Waals surface area contributed by atoms with Crippen molar-refractivity contribution in [3.63, 3.8) is 0 Å². The Balaban J connectivity index is 1.60. The van der Waals surface area contributed by atoms with Crippen molar-refractivity contribution in [3.05, 3.63) is 76.6 Å². The topological polar surface area (TPSA) is 56.1 Å². The lowest BCUT2D eigenvalue weighted by Gasteiger charge is -2.15. The van der Waals surface area contributed by atoms with Crippen molar-refractivity contribution in [2.24, 2.45) is 0 Å². The third kappa shape index (κ3) is 3.60. The van der Waals surface area contributed by atoms with Crippen LogP contribution in [0.25, 0.3) is 5.69 Å². The average molecular weight is 397 g/mol. The van der Waals surface area contributed by atoms with E-state index in [0.717, 1.165) is 30.5 Å². The van der Waals surface area contributed by atoms with Gasteiger partial charge in [0.05, 0.1) is 18.8 Å². The SMILES string of the molecule is COc1ccc(C(C)NC(=O)c2nn(-c3ccc(F)cc3)c3c2CCC3)cc1F. The van der Waals surface area contributed by atoms with Crippen LogP contribution in [0, 0.1) is 11.6 Å². The number of methoxy groups -OCH3 is 1. The maximum Gasteiger partial charge on any atom is 0.272 e. The maximum absolute atomic E-state index is 14.0. The number of hydrogen-bond donors (Lipinski definition) is 1. The van der Waals surface area contributed by atoms with Crippen molar-refractivity contribution in [3.8, 4) is 11.4 Å². The number of ether oxygens (including phenoxy) is 1. The number of nitrogens with zero attached hydrogens (tertiary/aromatic N) is 2. The zero-order valence-electron chi connectivity index (χ0n) is 16.2. The van der Waals surface area contributed by atoms with Crippen LogP contribution in [-0.2, 0) is 12.8 Å². The Bertz CT molecular complexity index is 1060. The van der Waals surface area contributed by atoms with Crippen LogP contribution in [0.4, 0.5) is 8.78 Å². The third-order valence-corrected chi connectivity index (χ3v) is 5.24. The van der Waals surface area contributed by atoms with Gasteiger partial charge in [0.1, 0.15) is 5.82 Å². The van der Waals surface area contributed by atoms with Crippen LogP contribution in [0.2, 0.25) is 0 Å². The Hall–Kier alpha value is -3.22. The van der Waals surface area contributed by atoms with Crippen LogP contribution in [0.3, 0.4) is 0 Å². The molecule has 0 saturated carbocycles. The molecule has 150 valence electrons. The Morgan fingerprint density at radius 3 is 2.62 bits per heavy atom. The van der Waals surface area contributed by atoms with Gasteiger partial charge in [-0.05, 0) is 68.1 Å². The van der Waals surface area contributed by atoms with Crippen LogP contribution in [0.1, 0.15) is 46.7 Å². The standard InChI is InChI=1S/C22H21F2N3O2/c1-13(14-6-11-20(29-2)18(24)12-14)25-22(28)21-17-4-3-5-19(17)27(26-21)16-9-7-15(23)8-10-16/h6-13H,3-5H2,1-2H3,(H,25,28). The summed E-state index contributed by atoms with van der Waals surface area (Å²) in [5, 5.41) is 7.41. The molecule has 29 heavy (non-hydrogen) atoms. The van der Waals surface area contributed by atoms with Gasteiger partial charge in [0.2, 0.25) is 0 Å². The maximum atomic E-state index is 14.0. The second-order valence-corrected chi connectivity index (χ2v) is 7.10. The van der Waals surface area contributed by atoms with E-state index in [2.05, 4.69) is 10.4 Å². The van der Waals surface area contributed by atoms with Gasteiger partial charge in [-0.15, -0.1) is 0 Å². The molecule has 5 nitrogen and oxygen atoms in total. The lowest BCUT2D eigenvalue weighted by atomic mass is 10.1. The third-order valence-electron chi connectivity index (χ3n) is 5.24. The Morgan fingerprint density at radius 1 is 1.17 bits per heavy atom. The number of carbonyl (C=O) groups excluding carboxylic acids is 1. The molecule has 1 atom stereocenters. The van der Waals surface area contributed by atoms with Gasteiger partial charge in [-0.1, -0.05) is 6.07 Å². The summed E-state index contributed by atoms with van der Waals surface area (Å²) in [5.41, 5.74) is 3.60. The molecule has 0 spiro atoms. The quantitative estimate of drug-likeness (QED) is 0.704. The average Bonchev–Trinajstić information content (AvgIpc) is 3.31. The number of rotatable bonds is 5. The molecule has 4 rings (SSSR count). The molecule has 3 aromatic rings. The van der Waals surface area contributed by atoms with E-state index in [1.54, 1.807) is 29.8 Å². The molecule has 0 radical (unpaired) electrons. The van der Waals surface area contributed by atoms with Crippen molar-refractivity contribution in [1.29, 1.82) is 0 Å². The van der Waals surface area contributed by atoms with E-state index in [1.165, 1.54) is 31.4 Å². The molecule has 2 aromatic carbocycles. The lowest BCUT2D eigenvalue weighted by Crippen LogP contribution is -2.28. The molecular formula is C22H21F2N3O2. The van der Waals surface area contributed by atoms with Crippen molar-refractivity contribution in [2.75, 3.05) is 7.11 Å². The molecule has 1 N–H and O–H groups in total. The van der Waals surface area contributed by atoms with Crippen LogP contribution >= 0.6 is 0 Å². The van der Waals surface area contributed by atoms with Gasteiger partial charge in [0.15, 0.2) is 17.3 Å². The van der Waals surface area contributed by atoms with Gasteiger partial charge in [-0.25, -0.2) is 13.5 Å². The summed E-state index contributed by atoms with van der Waals surface area (Å²) in [6.45, 7) is 1.79. The molecule has 0 bridgehead atoms. The van der Waals surface area contributed by atoms with Crippen molar-refractivity contribution >= 4 is 5.91 Å². The Labute approximate surface area is 167 Å². The van der Waals surface area contributed by atoms with Crippen molar-refractivity contribution in [2.45, 2.75) is 32.2 Å². The van der Waals surface area contributed by atoms with Crippen LogP contribution in [-0.4, -0.2) is 22.8 Å². The predicted octanol–water partition coefficient (Wildman–Crippen LogP) is 4.14. The minimum absolute atomic E-state index is 0.156. The minimum Gasteiger partial charge on any atom is -0.494 e. The number of amides is 1. The fourth-order valence-corrected chi connectivity index (χ4v) is 3.72. The van der Waals surface area contributed by atoms with E-state index in [0.29, 0.717) is 16.9 Å². The number of aromatic nitrogens is 2. The van der Waals surface area contributed by atoms with E-state index in [9.17, 15) is 13.6 Å². The van der Waals surface area contributed by atoms with Crippen molar-refractivity contribution in [1.82, 2.24) is 15.1 Å². The van der Waals surface area contributed by atoms with Gasteiger partial charge < -0.3 is 10.1 Å². The normalized spacial score (nSPS) is 13.8. The summed E-state index contributed by atoms with van der Waals surface area (Å²) < 4.78 is 33.9. The molecule has 7 heteroatoms. The second-order valence-electron chi connectivity index (χ2n) is 7.10. The van der Waals surface area contributed by atoms with Crippen LogP contribution < -0.4 is 10.1 Å². The fourth-order valence-electron chi connectivity index (χ4n) is 3.72. The fraction of sp³-hybridized carbons (Fsp3) is 0.273. The van der Waals surface area contributed by atoms with E-state index in [-0.39, 0.29) is 17.5 Å². The molecule has 0 fully saturated rings. The zero-order valence-corrected chi connectivity index (χ0v) is 16.2. The summed E-state index contributed by atoms with van der Waals surface area (Å²) in [6, 6.07) is 10.2. The monoisotopic (exact) mass is 397 g/mol. The van der Waals surface area contributed by atoms with Gasteiger partial charge in [-0.2, -0.15) is 5.10 Å². The summed E-state index contributed by atoms with van der Waals surface area (Å²) in [6.07, 6.45) is 2.52. The van der Waals surface area contributed by atoms with Gasteiger partial charge in [0.25, 0.3) is 5.91 Å². The molecular weight excluding hydrogens is 376 g/mol. The second kappa shape index (κ2) is 7.66. The molecule has 1 amide bonds. The number of fused-ring (bicyclic) bond motifs is 1. The minimum atomic E-state index is -0.479. The first kappa shape index (κ1) is 19.1. The first-order valence-corrected chi connectivity index (χ1v) is 9.49. The number of hydrogen-bond acceptors (Lipinski definition) is 3. The molecule has 0 saturated heterocycles. The van der Waals surface area contributed by atoms with Crippen LogP contribution in [0.15, 0.2) is 42.5 Å². The predicted molar refractivity (Wildman–Crippen MR) is 104 cm³/mol. The smallest absolute Gasteiger partial charge is 0.272 e. The Morgan fingerprint density at radius 2 is 1.93 bits per heavy atom. The summed E-state index contributed by atoms with van der Waals surface area (Å²) in [7, 11) is 1.40. The highest BCUT2D eigenvalue weighted by Gasteiger charge is 2.27. The number of benzene rings is 2. The van der Waals surface area contributed by atoms with E-state index in [1.807, 2.05) is 0 Å². The summed E-state index contributed by atoms with van der Waals surface area (Å²) >= 11 is 0. The molecule has 1 unspecified atom stereocenters. The van der Waals surface area contributed by atoms with Crippen molar-refractivity contribution < 1.29 is 18.3 Å². The summed E-state index contributed by atoms with van der Waals surface area (Å²) in [5.74, 6) is -0.959. The molecule has 1 aliphatic rings. The van der Waals surface area contributed by atoms with E-state index >= 15 is 0 Å². The lowest BCUT2D eigenvalue weighted by molar-refractivity contribution is 0.0933. The number of nitrogens with one attached hydrogen (secondary N) is 1. The Kier molecular flexibility index (Phi) is 5.05. The number of halogens is 2. The highest BCUT2D eigenvalue weighted by atomic mass is 19.1. The van der Waals surface area contributed by atoms with E-state index < -0.39 is 11.9 Å². The highest BCUT2D eigenvalue weighted by molar-refractivity contribution is 5.94. The first-order valence-electron chi connectivity index (χ1n) is 9.49. The van der Waals surface area contributed by atoms with Gasteiger partial charge in [0, 0.05) is 11.3 Å². The highest BCUT2D eigenvalue weighted by Crippen LogP contribution is 2.28. The molecule has 1 aliphatic carbocycles. The molecule has 0 aliphatic heterocycles. The van der Waals surface area contributed by atoms with E-state index in [4.69, 9.17) is 4.74 Å². The molecule has 1 aromatic heterocycles. The van der Waals surface area contributed by atoms with Gasteiger partial charge >= 0.3 is 0 Å². The first-order chi connectivity index (χ1) is 14.0. The summed E-state index contributed by atoms with van der Waals surface area (Å²) in [4.78, 5) is 12.9. The molecule has 1 heterocycles. The number of carbonyl (C=O) groups is 1.